The van der Waals surface area contributed by atoms with Gasteiger partial charge < -0.3 is 14.6 Å². The number of aromatic amines is 1. The summed E-state index contributed by atoms with van der Waals surface area (Å²) in [5.74, 6) is 1.74. The number of ether oxygens (including phenoxy) is 1. The number of ketones is 1. The van der Waals surface area contributed by atoms with Gasteiger partial charge in [0.15, 0.2) is 5.78 Å². The van der Waals surface area contributed by atoms with Crippen LogP contribution in [-0.4, -0.2) is 40.9 Å². The number of carbonyl (C=O) groups excluding carboxylic acids is 1. The molecule has 1 fully saturated rings. The minimum absolute atomic E-state index is 0.0372. The van der Waals surface area contributed by atoms with Gasteiger partial charge in [0.05, 0.1) is 12.5 Å². The molecule has 6 heteroatoms. The summed E-state index contributed by atoms with van der Waals surface area (Å²) < 4.78 is 5.24. The number of hydrogen-bond acceptors (Lipinski definition) is 5. The molecule has 4 rings (SSSR count). The third-order valence-electron chi connectivity index (χ3n) is 4.78. The Labute approximate surface area is 145 Å². The lowest BCUT2D eigenvalue weighted by molar-refractivity contribution is 0.0907. The van der Waals surface area contributed by atoms with Gasteiger partial charge in [-0.3, -0.25) is 4.79 Å². The van der Waals surface area contributed by atoms with E-state index < -0.39 is 0 Å². The monoisotopic (exact) mass is 336 g/mol. The van der Waals surface area contributed by atoms with Gasteiger partial charge in [-0.25, -0.2) is 9.97 Å². The number of benzene rings is 1. The number of nitrogens with one attached hydrogen (secondary N) is 1. The fraction of sp³-hybridized carbons (Fsp3) is 0.316. The van der Waals surface area contributed by atoms with Crippen LogP contribution in [0.2, 0.25) is 0 Å². The summed E-state index contributed by atoms with van der Waals surface area (Å²) in [4.78, 5) is 27.0. The number of rotatable bonds is 4. The highest BCUT2D eigenvalue weighted by molar-refractivity contribution is 5.99. The quantitative estimate of drug-likeness (QED) is 0.742. The third-order valence-corrected chi connectivity index (χ3v) is 4.78. The molecule has 0 radical (unpaired) electrons. The SMILES string of the molecule is COc1cccc(C(=O)[C@@H]2CCCN(c3ncnc4[nH]ccc34)C2)c1. The highest BCUT2D eigenvalue weighted by Gasteiger charge is 2.28. The van der Waals surface area contributed by atoms with E-state index in [4.69, 9.17) is 4.74 Å². The maximum absolute atomic E-state index is 12.9. The Morgan fingerprint density at radius 3 is 3.12 bits per heavy atom. The molecule has 3 heterocycles. The minimum atomic E-state index is -0.0372. The van der Waals surface area contributed by atoms with Gasteiger partial charge in [-0.15, -0.1) is 0 Å². The van der Waals surface area contributed by atoms with Gasteiger partial charge in [0, 0.05) is 30.8 Å². The first-order valence-corrected chi connectivity index (χ1v) is 8.47. The van der Waals surface area contributed by atoms with Crippen molar-refractivity contribution in [3.63, 3.8) is 0 Å². The van der Waals surface area contributed by atoms with Crippen molar-refractivity contribution in [2.75, 3.05) is 25.1 Å². The molecule has 1 atom stereocenters. The molecule has 1 aliphatic rings. The summed E-state index contributed by atoms with van der Waals surface area (Å²) in [5.41, 5.74) is 1.53. The second-order valence-electron chi connectivity index (χ2n) is 6.32. The molecule has 2 aromatic heterocycles. The van der Waals surface area contributed by atoms with Crippen LogP contribution in [-0.2, 0) is 0 Å². The second-order valence-corrected chi connectivity index (χ2v) is 6.32. The molecule has 6 nitrogen and oxygen atoms in total. The summed E-state index contributed by atoms with van der Waals surface area (Å²) in [5, 5.41) is 0.997. The fourth-order valence-corrected chi connectivity index (χ4v) is 3.51. The highest BCUT2D eigenvalue weighted by atomic mass is 16.5. The van der Waals surface area contributed by atoms with Crippen LogP contribution in [0.4, 0.5) is 5.82 Å². The van der Waals surface area contributed by atoms with Crippen LogP contribution < -0.4 is 9.64 Å². The Morgan fingerprint density at radius 1 is 1.32 bits per heavy atom. The standard InChI is InChI=1S/C19H20N4O2/c1-25-15-6-2-4-13(10-15)17(24)14-5-3-9-23(11-14)19-16-7-8-20-18(16)21-12-22-19/h2,4,6-8,10,12,14H,3,5,9,11H2,1H3,(H,20,21,22)/t14-/m1/s1. The van der Waals surface area contributed by atoms with Crippen molar-refractivity contribution in [1.29, 1.82) is 0 Å². The molecule has 1 saturated heterocycles. The maximum Gasteiger partial charge on any atom is 0.167 e. The normalized spacial score (nSPS) is 17.6. The van der Waals surface area contributed by atoms with Crippen LogP contribution in [0.1, 0.15) is 23.2 Å². The van der Waals surface area contributed by atoms with Crippen molar-refractivity contribution in [3.8, 4) is 5.75 Å². The Hall–Kier alpha value is -2.89. The summed E-state index contributed by atoms with van der Waals surface area (Å²) in [6, 6.07) is 9.38. The number of fused-ring (bicyclic) bond motifs is 1. The molecule has 3 aromatic rings. The number of aromatic nitrogens is 3. The van der Waals surface area contributed by atoms with E-state index >= 15 is 0 Å². The highest BCUT2D eigenvalue weighted by Crippen LogP contribution is 2.29. The molecule has 0 spiro atoms. The maximum atomic E-state index is 12.9. The van der Waals surface area contributed by atoms with E-state index in [9.17, 15) is 4.79 Å². The Morgan fingerprint density at radius 2 is 2.24 bits per heavy atom. The van der Waals surface area contributed by atoms with E-state index in [1.54, 1.807) is 13.4 Å². The van der Waals surface area contributed by atoms with Gasteiger partial charge in [-0.1, -0.05) is 12.1 Å². The zero-order valence-electron chi connectivity index (χ0n) is 14.1. The van der Waals surface area contributed by atoms with Crippen LogP contribution >= 0.6 is 0 Å². The first kappa shape index (κ1) is 15.6. The smallest absolute Gasteiger partial charge is 0.167 e. The van der Waals surface area contributed by atoms with Crippen molar-refractivity contribution in [2.45, 2.75) is 12.8 Å². The van der Waals surface area contributed by atoms with Gasteiger partial charge >= 0.3 is 0 Å². The number of H-pyrrole nitrogens is 1. The summed E-state index contributed by atoms with van der Waals surface area (Å²) >= 11 is 0. The Kier molecular flexibility index (Phi) is 4.09. The number of Topliss-reactive ketones (excluding diaryl/α,β-unsaturated/α-hetero) is 1. The number of anilines is 1. The first-order chi connectivity index (χ1) is 12.3. The van der Waals surface area contributed by atoms with Gasteiger partial charge in [0.25, 0.3) is 0 Å². The number of carbonyl (C=O) groups is 1. The molecule has 1 N–H and O–H groups in total. The number of piperidine rings is 1. The van der Waals surface area contributed by atoms with E-state index in [1.807, 2.05) is 36.5 Å². The van der Waals surface area contributed by atoms with E-state index in [1.165, 1.54) is 0 Å². The molecule has 128 valence electrons. The minimum Gasteiger partial charge on any atom is -0.497 e. The van der Waals surface area contributed by atoms with Gasteiger partial charge in [0.1, 0.15) is 23.5 Å². The lowest BCUT2D eigenvalue weighted by Crippen LogP contribution is -2.39. The van der Waals surface area contributed by atoms with Gasteiger partial charge in [0.2, 0.25) is 0 Å². The lowest BCUT2D eigenvalue weighted by Gasteiger charge is -2.33. The fourth-order valence-electron chi connectivity index (χ4n) is 3.51. The number of nitrogens with zero attached hydrogens (tertiary/aromatic N) is 3. The Balaban J connectivity index is 1.58. The lowest BCUT2D eigenvalue weighted by atomic mass is 9.90. The van der Waals surface area contributed by atoms with Crippen LogP contribution in [0.3, 0.4) is 0 Å². The molecule has 0 amide bonds. The summed E-state index contributed by atoms with van der Waals surface area (Å²) in [6.45, 7) is 1.58. The summed E-state index contributed by atoms with van der Waals surface area (Å²) in [7, 11) is 1.61. The topological polar surface area (TPSA) is 71.1 Å². The number of methoxy groups -OCH3 is 1. The van der Waals surface area contributed by atoms with E-state index in [-0.39, 0.29) is 11.7 Å². The van der Waals surface area contributed by atoms with Crippen LogP contribution in [0.15, 0.2) is 42.9 Å². The molecule has 0 unspecified atom stereocenters. The average Bonchev–Trinajstić information content (AvgIpc) is 3.16. The zero-order valence-corrected chi connectivity index (χ0v) is 14.1. The Bertz CT molecular complexity index is 905. The molecule has 0 bridgehead atoms. The van der Waals surface area contributed by atoms with Crippen molar-refractivity contribution >= 4 is 22.6 Å². The molecule has 0 aliphatic carbocycles. The molecular weight excluding hydrogens is 316 g/mol. The van der Waals surface area contributed by atoms with Crippen LogP contribution in [0.5, 0.6) is 5.75 Å². The van der Waals surface area contributed by atoms with Crippen molar-refractivity contribution < 1.29 is 9.53 Å². The third kappa shape index (κ3) is 2.95. The van der Waals surface area contributed by atoms with E-state index in [0.717, 1.165) is 36.2 Å². The van der Waals surface area contributed by atoms with Gasteiger partial charge in [-0.05, 0) is 31.0 Å². The van der Waals surface area contributed by atoms with Gasteiger partial charge in [-0.2, -0.15) is 0 Å². The van der Waals surface area contributed by atoms with Crippen LogP contribution in [0, 0.1) is 5.92 Å². The van der Waals surface area contributed by atoms with E-state index in [0.29, 0.717) is 17.9 Å². The largest absolute Gasteiger partial charge is 0.497 e. The zero-order chi connectivity index (χ0) is 17.2. The predicted octanol–water partition coefficient (Wildman–Crippen LogP) is 3.07. The number of hydrogen-bond donors (Lipinski definition) is 1. The van der Waals surface area contributed by atoms with Crippen molar-refractivity contribution in [3.05, 3.63) is 48.4 Å². The molecule has 1 aromatic carbocycles. The predicted molar refractivity (Wildman–Crippen MR) is 96.2 cm³/mol. The van der Waals surface area contributed by atoms with Crippen LogP contribution in [0.25, 0.3) is 11.0 Å². The van der Waals surface area contributed by atoms with Crippen molar-refractivity contribution in [2.24, 2.45) is 5.92 Å². The molecule has 1 aliphatic heterocycles. The molecular formula is C19H20N4O2. The molecule has 0 saturated carbocycles. The first-order valence-electron chi connectivity index (χ1n) is 8.47. The van der Waals surface area contributed by atoms with E-state index in [2.05, 4.69) is 19.9 Å². The average molecular weight is 336 g/mol. The second kappa shape index (κ2) is 6.55. The van der Waals surface area contributed by atoms with Crippen molar-refractivity contribution in [1.82, 2.24) is 15.0 Å². The molecule has 25 heavy (non-hydrogen) atoms. The summed E-state index contributed by atoms with van der Waals surface area (Å²) in [6.07, 6.45) is 5.30.